The molecule has 0 fully saturated rings. The minimum absolute atomic E-state index is 0.0149. The Hall–Kier alpha value is -1.39. The van der Waals surface area contributed by atoms with Gasteiger partial charge in [-0.1, -0.05) is 44.3 Å². The van der Waals surface area contributed by atoms with Gasteiger partial charge in [0.05, 0.1) is 11.0 Å². The molecule has 0 aliphatic heterocycles. The van der Waals surface area contributed by atoms with Crippen LogP contribution in [0.3, 0.4) is 0 Å². The van der Waals surface area contributed by atoms with Gasteiger partial charge in [-0.05, 0) is 32.0 Å². The first-order valence-corrected chi connectivity index (χ1v) is 7.69. The van der Waals surface area contributed by atoms with Crippen LogP contribution in [0.4, 0.5) is 0 Å². The molecule has 1 aromatic heterocycles. The van der Waals surface area contributed by atoms with E-state index in [4.69, 9.17) is 18.0 Å². The predicted octanol–water partition coefficient (Wildman–Crippen LogP) is 3.62. The Morgan fingerprint density at radius 1 is 1.25 bits per heavy atom. The molecule has 2 aromatic rings. The van der Waals surface area contributed by atoms with Crippen LogP contribution in [0.5, 0.6) is 0 Å². The van der Waals surface area contributed by atoms with E-state index in [9.17, 15) is 0 Å². The lowest BCUT2D eigenvalue weighted by atomic mass is 10.0. The molecule has 108 valence electrons. The molecule has 0 bridgehead atoms. The van der Waals surface area contributed by atoms with Gasteiger partial charge < -0.3 is 10.7 Å². The van der Waals surface area contributed by atoms with E-state index in [0.717, 1.165) is 31.4 Å². The van der Waals surface area contributed by atoms with Gasteiger partial charge in [-0.3, -0.25) is 4.90 Å². The summed E-state index contributed by atoms with van der Waals surface area (Å²) in [5, 5.41) is 1.21. The molecule has 1 heterocycles. The van der Waals surface area contributed by atoms with Crippen molar-refractivity contribution in [3.8, 4) is 0 Å². The van der Waals surface area contributed by atoms with Crippen LogP contribution < -0.4 is 5.73 Å². The Morgan fingerprint density at radius 3 is 2.50 bits per heavy atom. The Morgan fingerprint density at radius 2 is 1.90 bits per heavy atom. The average Bonchev–Trinajstić information content (AvgIpc) is 2.83. The Balaban J connectivity index is 2.44. The van der Waals surface area contributed by atoms with E-state index in [1.165, 1.54) is 10.9 Å². The van der Waals surface area contributed by atoms with Crippen molar-refractivity contribution < 1.29 is 0 Å². The number of aromatic nitrogens is 1. The SMILES string of the molecule is CCCN(CCC)C(C(N)=S)c1c[nH]c2ccccc12. The standard InChI is InChI=1S/C16H23N3S/c1-3-9-19(10-4-2)15(16(17)20)13-11-18-14-8-6-5-7-12(13)14/h5-8,11,15,18H,3-4,9-10H2,1-2H3,(H2,17,20). The van der Waals surface area contributed by atoms with Crippen molar-refractivity contribution in [1.82, 2.24) is 9.88 Å². The highest BCUT2D eigenvalue weighted by Gasteiger charge is 2.24. The normalized spacial score (nSPS) is 12.9. The van der Waals surface area contributed by atoms with Crippen molar-refractivity contribution in [1.29, 1.82) is 0 Å². The van der Waals surface area contributed by atoms with Crippen LogP contribution in [0.25, 0.3) is 10.9 Å². The lowest BCUT2D eigenvalue weighted by Crippen LogP contribution is -2.37. The van der Waals surface area contributed by atoms with E-state index in [2.05, 4.69) is 41.9 Å². The third kappa shape index (κ3) is 3.02. The molecule has 2 rings (SSSR count). The summed E-state index contributed by atoms with van der Waals surface area (Å²) in [6.45, 7) is 6.40. The summed E-state index contributed by atoms with van der Waals surface area (Å²) in [4.78, 5) is 6.26. The molecule has 1 atom stereocenters. The Kier molecular flexibility index (Phi) is 5.15. The Labute approximate surface area is 126 Å². The molecule has 4 heteroatoms. The summed E-state index contributed by atoms with van der Waals surface area (Å²) in [6, 6.07) is 8.32. The monoisotopic (exact) mass is 289 g/mol. The molecule has 0 aliphatic carbocycles. The highest BCUT2D eigenvalue weighted by atomic mass is 32.1. The van der Waals surface area contributed by atoms with Crippen LogP contribution in [-0.4, -0.2) is 28.0 Å². The van der Waals surface area contributed by atoms with Crippen LogP contribution in [0.2, 0.25) is 0 Å². The quantitative estimate of drug-likeness (QED) is 0.765. The zero-order valence-electron chi connectivity index (χ0n) is 12.2. The van der Waals surface area contributed by atoms with Gasteiger partial charge >= 0.3 is 0 Å². The number of nitrogens with one attached hydrogen (secondary N) is 1. The predicted molar refractivity (Wildman–Crippen MR) is 90.0 cm³/mol. The average molecular weight is 289 g/mol. The van der Waals surface area contributed by atoms with Gasteiger partial charge in [-0.25, -0.2) is 0 Å². The number of fused-ring (bicyclic) bond motifs is 1. The van der Waals surface area contributed by atoms with Crippen LogP contribution in [-0.2, 0) is 0 Å². The lowest BCUT2D eigenvalue weighted by Gasteiger charge is -2.30. The third-order valence-electron chi connectivity index (χ3n) is 3.57. The van der Waals surface area contributed by atoms with Gasteiger partial charge in [0.25, 0.3) is 0 Å². The molecule has 0 spiro atoms. The van der Waals surface area contributed by atoms with Gasteiger partial charge in [0.2, 0.25) is 0 Å². The van der Waals surface area contributed by atoms with E-state index in [1.807, 2.05) is 12.3 Å². The second-order valence-electron chi connectivity index (χ2n) is 5.13. The van der Waals surface area contributed by atoms with Crippen molar-refractivity contribution in [3.63, 3.8) is 0 Å². The zero-order valence-corrected chi connectivity index (χ0v) is 13.0. The second kappa shape index (κ2) is 6.86. The van der Waals surface area contributed by atoms with E-state index in [1.54, 1.807) is 0 Å². The molecule has 1 aromatic carbocycles. The topological polar surface area (TPSA) is 45.0 Å². The Bertz CT molecular complexity index is 570. The first-order valence-electron chi connectivity index (χ1n) is 7.28. The molecule has 0 amide bonds. The number of H-pyrrole nitrogens is 1. The van der Waals surface area contributed by atoms with Crippen LogP contribution in [0, 0.1) is 0 Å². The fourth-order valence-corrected chi connectivity index (χ4v) is 3.07. The van der Waals surface area contributed by atoms with E-state index < -0.39 is 0 Å². The molecule has 0 saturated carbocycles. The maximum atomic E-state index is 6.06. The van der Waals surface area contributed by atoms with Gasteiger partial charge in [-0.2, -0.15) is 0 Å². The molecule has 3 N–H and O–H groups in total. The molecule has 3 nitrogen and oxygen atoms in total. The number of hydrogen-bond donors (Lipinski definition) is 2. The molecular weight excluding hydrogens is 266 g/mol. The number of benzene rings is 1. The fraction of sp³-hybridized carbons (Fsp3) is 0.438. The van der Waals surface area contributed by atoms with E-state index >= 15 is 0 Å². The number of aromatic amines is 1. The molecule has 0 aliphatic rings. The number of nitrogens with zero attached hydrogens (tertiary/aromatic N) is 1. The number of rotatable bonds is 7. The molecule has 0 radical (unpaired) electrons. The first kappa shape index (κ1) is 15.0. The van der Waals surface area contributed by atoms with Crippen molar-refractivity contribution in [2.24, 2.45) is 5.73 Å². The zero-order chi connectivity index (χ0) is 14.5. The maximum Gasteiger partial charge on any atom is 0.0949 e. The number of nitrogens with two attached hydrogens (primary N) is 1. The van der Waals surface area contributed by atoms with Crippen LogP contribution in [0.1, 0.15) is 38.3 Å². The molecule has 20 heavy (non-hydrogen) atoms. The van der Waals surface area contributed by atoms with Gasteiger partial charge in [-0.15, -0.1) is 0 Å². The van der Waals surface area contributed by atoms with Crippen molar-refractivity contribution in [2.45, 2.75) is 32.7 Å². The molecular formula is C16H23N3S. The minimum Gasteiger partial charge on any atom is -0.392 e. The summed E-state index contributed by atoms with van der Waals surface area (Å²) >= 11 is 5.35. The summed E-state index contributed by atoms with van der Waals surface area (Å²) < 4.78 is 0. The largest absolute Gasteiger partial charge is 0.392 e. The lowest BCUT2D eigenvalue weighted by molar-refractivity contribution is 0.246. The van der Waals surface area contributed by atoms with Gasteiger partial charge in [0.1, 0.15) is 0 Å². The van der Waals surface area contributed by atoms with Crippen LogP contribution in [0.15, 0.2) is 30.5 Å². The smallest absolute Gasteiger partial charge is 0.0949 e. The van der Waals surface area contributed by atoms with Crippen molar-refractivity contribution >= 4 is 28.1 Å². The molecule has 0 saturated heterocycles. The van der Waals surface area contributed by atoms with Crippen molar-refractivity contribution in [2.75, 3.05) is 13.1 Å². The van der Waals surface area contributed by atoms with E-state index in [0.29, 0.717) is 4.99 Å². The number of thiocarbonyl (C=S) groups is 1. The molecule has 1 unspecified atom stereocenters. The number of hydrogen-bond acceptors (Lipinski definition) is 2. The highest BCUT2D eigenvalue weighted by Crippen LogP contribution is 2.29. The minimum atomic E-state index is 0.0149. The highest BCUT2D eigenvalue weighted by molar-refractivity contribution is 7.80. The fourth-order valence-electron chi connectivity index (χ4n) is 2.79. The third-order valence-corrected chi connectivity index (χ3v) is 3.80. The van der Waals surface area contributed by atoms with Crippen molar-refractivity contribution in [3.05, 3.63) is 36.0 Å². The summed E-state index contributed by atoms with van der Waals surface area (Å²) in [5.41, 5.74) is 8.38. The maximum absolute atomic E-state index is 6.06. The summed E-state index contributed by atoms with van der Waals surface area (Å²) in [5.74, 6) is 0. The summed E-state index contributed by atoms with van der Waals surface area (Å²) in [6.07, 6.45) is 4.25. The van der Waals surface area contributed by atoms with Gasteiger partial charge in [0, 0.05) is 22.7 Å². The number of para-hydroxylation sites is 1. The van der Waals surface area contributed by atoms with E-state index in [-0.39, 0.29) is 6.04 Å². The summed E-state index contributed by atoms with van der Waals surface area (Å²) in [7, 11) is 0. The van der Waals surface area contributed by atoms with Crippen LogP contribution >= 0.6 is 12.2 Å². The first-order chi connectivity index (χ1) is 9.69. The van der Waals surface area contributed by atoms with Gasteiger partial charge in [0.15, 0.2) is 0 Å². The second-order valence-corrected chi connectivity index (χ2v) is 5.60.